The molecular formula is C8H9F2NO2. The van der Waals surface area contributed by atoms with Crippen LogP contribution in [0.3, 0.4) is 0 Å². The molecule has 0 heterocycles. The second-order valence-corrected chi connectivity index (χ2v) is 2.52. The van der Waals surface area contributed by atoms with Crippen LogP contribution in [0.1, 0.15) is 17.6 Å². The molecule has 0 fully saturated rings. The van der Waals surface area contributed by atoms with Gasteiger partial charge < -0.3 is 10.3 Å². The second kappa shape index (κ2) is 4.15. The van der Waals surface area contributed by atoms with Crippen molar-refractivity contribution in [1.82, 2.24) is 5.48 Å². The van der Waals surface area contributed by atoms with Crippen molar-refractivity contribution in [3.8, 4) is 5.75 Å². The van der Waals surface area contributed by atoms with Crippen molar-refractivity contribution in [3.05, 3.63) is 29.3 Å². The minimum Gasteiger partial charge on any atom is -0.508 e. The monoisotopic (exact) mass is 189 g/mol. The Morgan fingerprint density at radius 2 is 2.08 bits per heavy atom. The normalized spacial score (nSPS) is 10.8. The Bertz CT molecular complexity index is 291. The molecular weight excluding hydrogens is 180 g/mol. The van der Waals surface area contributed by atoms with Gasteiger partial charge >= 0.3 is 0 Å². The molecule has 3 N–H and O–H groups in total. The Balaban J connectivity index is 2.97. The van der Waals surface area contributed by atoms with Crippen LogP contribution in [-0.2, 0) is 6.54 Å². The van der Waals surface area contributed by atoms with Crippen LogP contribution in [0, 0.1) is 0 Å². The van der Waals surface area contributed by atoms with Gasteiger partial charge in [0.25, 0.3) is 6.43 Å². The summed E-state index contributed by atoms with van der Waals surface area (Å²) < 4.78 is 24.3. The third-order valence-electron chi connectivity index (χ3n) is 1.63. The van der Waals surface area contributed by atoms with E-state index in [1.54, 1.807) is 5.48 Å². The minimum atomic E-state index is -2.57. The molecule has 3 nitrogen and oxygen atoms in total. The lowest BCUT2D eigenvalue weighted by Gasteiger charge is -2.05. The zero-order valence-electron chi connectivity index (χ0n) is 6.67. The molecule has 13 heavy (non-hydrogen) atoms. The Labute approximate surface area is 73.6 Å². The summed E-state index contributed by atoms with van der Waals surface area (Å²) in [6, 6.07) is 3.46. The molecule has 0 unspecified atom stereocenters. The lowest BCUT2D eigenvalue weighted by Crippen LogP contribution is -2.06. The minimum absolute atomic E-state index is 0.0631. The molecule has 1 rings (SSSR count). The summed E-state index contributed by atoms with van der Waals surface area (Å²) in [6.45, 7) is -0.0631. The average molecular weight is 189 g/mol. The van der Waals surface area contributed by atoms with Gasteiger partial charge in [0.1, 0.15) is 5.75 Å². The zero-order chi connectivity index (χ0) is 9.84. The molecule has 1 aromatic carbocycles. The number of hydroxylamine groups is 1. The van der Waals surface area contributed by atoms with Crippen LogP contribution in [0.2, 0.25) is 0 Å². The first-order valence-corrected chi connectivity index (χ1v) is 3.62. The maximum Gasteiger partial charge on any atom is 0.263 e. The zero-order valence-corrected chi connectivity index (χ0v) is 6.67. The number of alkyl halides is 2. The molecule has 0 aliphatic heterocycles. The van der Waals surface area contributed by atoms with E-state index < -0.39 is 6.43 Å². The predicted molar refractivity (Wildman–Crippen MR) is 41.7 cm³/mol. The van der Waals surface area contributed by atoms with Crippen molar-refractivity contribution < 1.29 is 19.1 Å². The summed E-state index contributed by atoms with van der Waals surface area (Å²) >= 11 is 0. The van der Waals surface area contributed by atoms with E-state index in [0.717, 1.165) is 12.1 Å². The highest BCUT2D eigenvalue weighted by Gasteiger charge is 2.09. The van der Waals surface area contributed by atoms with E-state index in [1.165, 1.54) is 6.07 Å². The molecule has 0 saturated carbocycles. The molecule has 0 radical (unpaired) electrons. The summed E-state index contributed by atoms with van der Waals surface area (Å²) in [5.41, 5.74) is 1.84. The molecule has 0 aliphatic carbocycles. The van der Waals surface area contributed by atoms with Crippen LogP contribution in [-0.4, -0.2) is 10.3 Å². The lowest BCUT2D eigenvalue weighted by atomic mass is 10.1. The lowest BCUT2D eigenvalue weighted by molar-refractivity contribution is 0.149. The molecule has 0 aliphatic rings. The van der Waals surface area contributed by atoms with Crippen LogP contribution in [0.5, 0.6) is 5.75 Å². The SMILES string of the molecule is ONCc1cc(C(F)F)ccc1O. The van der Waals surface area contributed by atoms with Crippen LogP contribution in [0.15, 0.2) is 18.2 Å². The van der Waals surface area contributed by atoms with Crippen LogP contribution in [0.4, 0.5) is 8.78 Å². The number of aromatic hydroxyl groups is 1. The standard InChI is InChI=1S/C8H9F2NO2/c9-8(10)5-1-2-7(12)6(3-5)4-11-13/h1-3,8,11-13H,4H2. The quantitative estimate of drug-likeness (QED) is 0.635. The number of hydrogen-bond donors (Lipinski definition) is 3. The number of nitrogens with one attached hydrogen (secondary N) is 1. The van der Waals surface area contributed by atoms with Crippen molar-refractivity contribution in [2.45, 2.75) is 13.0 Å². The highest BCUT2D eigenvalue weighted by molar-refractivity contribution is 5.36. The highest BCUT2D eigenvalue weighted by Crippen LogP contribution is 2.24. The number of benzene rings is 1. The maximum atomic E-state index is 12.2. The Morgan fingerprint density at radius 1 is 1.38 bits per heavy atom. The van der Waals surface area contributed by atoms with Crippen LogP contribution >= 0.6 is 0 Å². The molecule has 0 saturated heterocycles. The topological polar surface area (TPSA) is 52.5 Å². The second-order valence-electron chi connectivity index (χ2n) is 2.52. The summed E-state index contributed by atoms with van der Waals surface area (Å²) in [7, 11) is 0. The van der Waals surface area contributed by atoms with E-state index >= 15 is 0 Å². The maximum absolute atomic E-state index is 12.2. The predicted octanol–water partition coefficient (Wildman–Crippen LogP) is 1.81. The van der Waals surface area contributed by atoms with Crippen LogP contribution in [0.25, 0.3) is 0 Å². The fourth-order valence-corrected chi connectivity index (χ4v) is 0.968. The Morgan fingerprint density at radius 3 is 2.62 bits per heavy atom. The average Bonchev–Trinajstić information content (AvgIpc) is 2.08. The third-order valence-corrected chi connectivity index (χ3v) is 1.63. The number of halogens is 2. The van der Waals surface area contributed by atoms with Gasteiger partial charge in [-0.15, -0.1) is 0 Å². The van der Waals surface area contributed by atoms with Crippen molar-refractivity contribution >= 4 is 0 Å². The van der Waals surface area contributed by atoms with Crippen molar-refractivity contribution in [1.29, 1.82) is 0 Å². The van der Waals surface area contributed by atoms with E-state index in [4.69, 9.17) is 10.3 Å². The molecule has 1 aromatic rings. The molecule has 0 spiro atoms. The van der Waals surface area contributed by atoms with Gasteiger partial charge in [-0.25, -0.2) is 14.3 Å². The third kappa shape index (κ3) is 2.37. The molecule has 0 atom stereocenters. The number of phenols is 1. The Kier molecular flexibility index (Phi) is 3.16. The summed E-state index contributed by atoms with van der Waals surface area (Å²) in [5.74, 6) is -0.119. The van der Waals surface area contributed by atoms with E-state index in [9.17, 15) is 8.78 Å². The summed E-state index contributed by atoms with van der Waals surface area (Å²) in [4.78, 5) is 0. The first-order valence-electron chi connectivity index (χ1n) is 3.62. The van der Waals surface area contributed by atoms with E-state index in [-0.39, 0.29) is 23.4 Å². The Hall–Kier alpha value is -1.20. The number of rotatable bonds is 3. The van der Waals surface area contributed by atoms with Crippen molar-refractivity contribution in [3.63, 3.8) is 0 Å². The molecule has 0 bridgehead atoms. The van der Waals surface area contributed by atoms with Gasteiger partial charge in [-0.05, 0) is 18.2 Å². The molecule has 5 heteroatoms. The van der Waals surface area contributed by atoms with Gasteiger partial charge in [0.2, 0.25) is 0 Å². The molecule has 72 valence electrons. The van der Waals surface area contributed by atoms with E-state index in [1.807, 2.05) is 0 Å². The first kappa shape index (κ1) is 9.88. The summed E-state index contributed by atoms with van der Waals surface area (Å²) in [5, 5.41) is 17.5. The van der Waals surface area contributed by atoms with Gasteiger partial charge in [0, 0.05) is 17.7 Å². The largest absolute Gasteiger partial charge is 0.508 e. The first-order chi connectivity index (χ1) is 6.15. The van der Waals surface area contributed by atoms with Gasteiger partial charge in [-0.1, -0.05) is 0 Å². The molecule has 0 aromatic heterocycles. The number of phenolic OH excluding ortho intramolecular Hbond substituents is 1. The van der Waals surface area contributed by atoms with Gasteiger partial charge in [0.15, 0.2) is 0 Å². The molecule has 0 amide bonds. The summed E-state index contributed by atoms with van der Waals surface area (Å²) in [6.07, 6.45) is -2.57. The van der Waals surface area contributed by atoms with E-state index in [2.05, 4.69) is 0 Å². The fraction of sp³-hybridized carbons (Fsp3) is 0.250. The highest BCUT2D eigenvalue weighted by atomic mass is 19.3. The van der Waals surface area contributed by atoms with Gasteiger partial charge in [-0.3, -0.25) is 0 Å². The van der Waals surface area contributed by atoms with Crippen LogP contribution < -0.4 is 5.48 Å². The van der Waals surface area contributed by atoms with Gasteiger partial charge in [0.05, 0.1) is 0 Å². The number of hydrogen-bond acceptors (Lipinski definition) is 3. The van der Waals surface area contributed by atoms with Crippen molar-refractivity contribution in [2.24, 2.45) is 0 Å². The van der Waals surface area contributed by atoms with Crippen molar-refractivity contribution in [2.75, 3.05) is 0 Å². The van der Waals surface area contributed by atoms with Gasteiger partial charge in [-0.2, -0.15) is 0 Å². The van der Waals surface area contributed by atoms with E-state index in [0.29, 0.717) is 0 Å². The smallest absolute Gasteiger partial charge is 0.263 e. The fourth-order valence-electron chi connectivity index (χ4n) is 0.968.